The molecule has 20 heavy (non-hydrogen) atoms. The van der Waals surface area contributed by atoms with E-state index in [9.17, 15) is 4.39 Å². The monoisotopic (exact) mass is 273 g/mol. The summed E-state index contributed by atoms with van der Waals surface area (Å²) in [5.74, 6) is 0.528. The zero-order chi connectivity index (χ0) is 14.4. The van der Waals surface area contributed by atoms with E-state index in [1.54, 1.807) is 13.2 Å². The molecule has 2 aromatic rings. The molecule has 0 aliphatic carbocycles. The predicted molar refractivity (Wildman–Crippen MR) is 80.4 cm³/mol. The molecule has 106 valence electrons. The molecule has 0 aliphatic rings. The van der Waals surface area contributed by atoms with Gasteiger partial charge in [0.2, 0.25) is 0 Å². The highest BCUT2D eigenvalue weighted by Gasteiger charge is 2.10. The molecule has 2 rings (SSSR count). The second-order valence-electron chi connectivity index (χ2n) is 4.68. The summed E-state index contributed by atoms with van der Waals surface area (Å²) in [4.78, 5) is 0. The average molecular weight is 273 g/mol. The quantitative estimate of drug-likeness (QED) is 0.803. The maximum atomic E-state index is 13.6. The Bertz CT molecular complexity index is 569. The van der Waals surface area contributed by atoms with Crippen LogP contribution in [0.5, 0.6) is 5.75 Å². The van der Waals surface area contributed by atoms with Crippen LogP contribution in [0.2, 0.25) is 0 Å². The molecule has 0 spiro atoms. The molecule has 2 nitrogen and oxygen atoms in total. The first-order chi connectivity index (χ1) is 9.76. The van der Waals surface area contributed by atoms with Crippen LogP contribution in [-0.4, -0.2) is 13.7 Å². The minimum absolute atomic E-state index is 0.231. The molecule has 0 fully saturated rings. The summed E-state index contributed by atoms with van der Waals surface area (Å²) < 4.78 is 19.0. The van der Waals surface area contributed by atoms with Gasteiger partial charge in [-0.1, -0.05) is 31.2 Å². The van der Waals surface area contributed by atoms with Crippen molar-refractivity contribution in [3.8, 4) is 16.9 Å². The normalized spacial score (nSPS) is 10.6. The van der Waals surface area contributed by atoms with E-state index in [0.29, 0.717) is 0 Å². The molecule has 0 unspecified atom stereocenters. The van der Waals surface area contributed by atoms with Crippen molar-refractivity contribution in [2.75, 3.05) is 13.7 Å². The summed E-state index contributed by atoms with van der Waals surface area (Å²) in [7, 11) is 1.63. The molecule has 0 bridgehead atoms. The van der Waals surface area contributed by atoms with Crippen LogP contribution < -0.4 is 10.1 Å². The molecule has 0 heterocycles. The number of rotatable bonds is 6. The van der Waals surface area contributed by atoms with Gasteiger partial charge >= 0.3 is 0 Å². The van der Waals surface area contributed by atoms with Crippen molar-refractivity contribution < 1.29 is 9.13 Å². The molecule has 0 saturated carbocycles. The van der Waals surface area contributed by atoms with E-state index in [1.165, 1.54) is 6.07 Å². The van der Waals surface area contributed by atoms with Gasteiger partial charge in [0.15, 0.2) is 0 Å². The Morgan fingerprint density at radius 3 is 2.65 bits per heavy atom. The fourth-order valence-corrected chi connectivity index (χ4v) is 2.22. The highest BCUT2D eigenvalue weighted by atomic mass is 19.1. The standard InChI is InChI=1S/C17H20FNO/c1-3-10-19-12-13-8-9-14(18)11-16(13)15-6-4-5-7-17(15)20-2/h4-9,11,19H,3,10,12H2,1-2H3. The number of para-hydroxylation sites is 1. The van der Waals surface area contributed by atoms with Crippen LogP contribution in [0.15, 0.2) is 42.5 Å². The Balaban J connectivity index is 2.40. The lowest BCUT2D eigenvalue weighted by Crippen LogP contribution is -2.14. The smallest absolute Gasteiger partial charge is 0.126 e. The largest absolute Gasteiger partial charge is 0.496 e. The van der Waals surface area contributed by atoms with Gasteiger partial charge in [-0.3, -0.25) is 0 Å². The zero-order valence-electron chi connectivity index (χ0n) is 11.9. The molecule has 0 atom stereocenters. The predicted octanol–water partition coefficient (Wildman–Crippen LogP) is 4.00. The second-order valence-corrected chi connectivity index (χ2v) is 4.68. The first-order valence-electron chi connectivity index (χ1n) is 6.88. The van der Waals surface area contributed by atoms with Crippen molar-refractivity contribution in [1.29, 1.82) is 0 Å². The molecule has 0 amide bonds. The minimum atomic E-state index is -0.231. The Morgan fingerprint density at radius 2 is 1.90 bits per heavy atom. The van der Waals surface area contributed by atoms with E-state index in [2.05, 4.69) is 12.2 Å². The van der Waals surface area contributed by atoms with Gasteiger partial charge in [0.1, 0.15) is 11.6 Å². The molecule has 0 aromatic heterocycles. The fraction of sp³-hybridized carbons (Fsp3) is 0.294. The summed E-state index contributed by atoms with van der Waals surface area (Å²) >= 11 is 0. The lowest BCUT2D eigenvalue weighted by Gasteiger charge is -2.14. The fourth-order valence-electron chi connectivity index (χ4n) is 2.22. The van der Waals surface area contributed by atoms with Crippen molar-refractivity contribution in [1.82, 2.24) is 5.32 Å². The minimum Gasteiger partial charge on any atom is -0.496 e. The summed E-state index contributed by atoms with van der Waals surface area (Å²) in [6.07, 6.45) is 1.07. The molecule has 1 N–H and O–H groups in total. The second kappa shape index (κ2) is 7.06. The number of benzene rings is 2. The van der Waals surface area contributed by atoms with Crippen molar-refractivity contribution in [2.45, 2.75) is 19.9 Å². The third-order valence-electron chi connectivity index (χ3n) is 3.21. The molecular weight excluding hydrogens is 253 g/mol. The number of ether oxygens (including phenoxy) is 1. The van der Waals surface area contributed by atoms with Crippen LogP contribution in [0.4, 0.5) is 4.39 Å². The SMILES string of the molecule is CCCNCc1ccc(F)cc1-c1ccccc1OC. The van der Waals surface area contributed by atoms with Gasteiger partial charge in [0.25, 0.3) is 0 Å². The van der Waals surface area contributed by atoms with Crippen LogP contribution in [0.25, 0.3) is 11.1 Å². The van der Waals surface area contributed by atoms with Gasteiger partial charge in [-0.25, -0.2) is 4.39 Å². The summed E-state index contributed by atoms with van der Waals surface area (Å²) in [6.45, 7) is 3.79. The highest BCUT2D eigenvalue weighted by molar-refractivity contribution is 5.73. The lowest BCUT2D eigenvalue weighted by molar-refractivity contribution is 0.416. The summed E-state index contributed by atoms with van der Waals surface area (Å²) in [6, 6.07) is 12.6. The molecule has 3 heteroatoms. The van der Waals surface area contributed by atoms with E-state index in [-0.39, 0.29) is 5.82 Å². The third kappa shape index (κ3) is 3.36. The maximum absolute atomic E-state index is 13.6. The van der Waals surface area contributed by atoms with Crippen LogP contribution in [-0.2, 0) is 6.54 Å². The van der Waals surface area contributed by atoms with Crippen LogP contribution in [0.3, 0.4) is 0 Å². The molecule has 0 radical (unpaired) electrons. The van der Waals surface area contributed by atoms with Crippen LogP contribution in [0.1, 0.15) is 18.9 Å². The Hall–Kier alpha value is -1.87. The number of hydrogen-bond donors (Lipinski definition) is 1. The van der Waals surface area contributed by atoms with E-state index in [0.717, 1.165) is 42.0 Å². The summed E-state index contributed by atoms with van der Waals surface area (Å²) in [5.41, 5.74) is 2.87. The molecule has 2 aromatic carbocycles. The average Bonchev–Trinajstić information content (AvgIpc) is 2.49. The number of methoxy groups -OCH3 is 1. The van der Waals surface area contributed by atoms with Gasteiger partial charge in [0.05, 0.1) is 7.11 Å². The lowest BCUT2D eigenvalue weighted by atomic mass is 9.98. The Labute approximate surface area is 119 Å². The van der Waals surface area contributed by atoms with Gasteiger partial charge in [-0.05, 0) is 42.3 Å². The van der Waals surface area contributed by atoms with Gasteiger partial charge < -0.3 is 10.1 Å². The Kier molecular flexibility index (Phi) is 5.13. The van der Waals surface area contributed by atoms with Crippen molar-refractivity contribution in [2.24, 2.45) is 0 Å². The Morgan fingerprint density at radius 1 is 1.10 bits per heavy atom. The highest BCUT2D eigenvalue weighted by Crippen LogP contribution is 2.32. The van der Waals surface area contributed by atoms with Gasteiger partial charge in [0, 0.05) is 12.1 Å². The van der Waals surface area contributed by atoms with E-state index >= 15 is 0 Å². The number of nitrogens with one attached hydrogen (secondary N) is 1. The van der Waals surface area contributed by atoms with Gasteiger partial charge in [-0.15, -0.1) is 0 Å². The number of hydrogen-bond acceptors (Lipinski definition) is 2. The molecular formula is C17H20FNO. The first-order valence-corrected chi connectivity index (χ1v) is 6.88. The first kappa shape index (κ1) is 14.5. The zero-order valence-corrected chi connectivity index (χ0v) is 11.9. The molecule has 0 aliphatic heterocycles. The number of halogens is 1. The van der Waals surface area contributed by atoms with Crippen LogP contribution >= 0.6 is 0 Å². The van der Waals surface area contributed by atoms with E-state index in [4.69, 9.17) is 4.74 Å². The van der Waals surface area contributed by atoms with Gasteiger partial charge in [-0.2, -0.15) is 0 Å². The summed E-state index contributed by atoms with van der Waals surface area (Å²) in [5, 5.41) is 3.36. The van der Waals surface area contributed by atoms with Crippen LogP contribution in [0, 0.1) is 5.82 Å². The van der Waals surface area contributed by atoms with E-state index in [1.807, 2.05) is 30.3 Å². The van der Waals surface area contributed by atoms with E-state index < -0.39 is 0 Å². The van der Waals surface area contributed by atoms with Crippen molar-refractivity contribution in [3.63, 3.8) is 0 Å². The topological polar surface area (TPSA) is 21.3 Å². The molecule has 0 saturated heterocycles. The van der Waals surface area contributed by atoms with Crippen molar-refractivity contribution >= 4 is 0 Å². The maximum Gasteiger partial charge on any atom is 0.126 e. The van der Waals surface area contributed by atoms with Crippen molar-refractivity contribution in [3.05, 3.63) is 53.8 Å². The third-order valence-corrected chi connectivity index (χ3v) is 3.21.